The van der Waals surface area contributed by atoms with Crippen molar-refractivity contribution in [1.82, 2.24) is 25.2 Å². The maximum Gasteiger partial charge on any atom is 0.230 e. The zero-order chi connectivity index (χ0) is 15.8. The van der Waals surface area contributed by atoms with Gasteiger partial charge in [0.15, 0.2) is 6.30 Å². The van der Waals surface area contributed by atoms with Crippen molar-refractivity contribution in [2.24, 2.45) is 0 Å². The van der Waals surface area contributed by atoms with Gasteiger partial charge in [0.25, 0.3) is 0 Å². The van der Waals surface area contributed by atoms with E-state index in [-0.39, 0.29) is 0 Å². The highest BCUT2D eigenvalue weighted by Crippen LogP contribution is 2.28. The van der Waals surface area contributed by atoms with E-state index in [1.807, 2.05) is 18.2 Å². The Kier molecular flexibility index (Phi) is 3.57. The molecule has 0 saturated carbocycles. The van der Waals surface area contributed by atoms with Crippen LogP contribution in [0.15, 0.2) is 28.9 Å². The molecular formula is C16H18FN5O. The molecule has 3 aromatic rings. The van der Waals surface area contributed by atoms with Gasteiger partial charge in [-0.05, 0) is 38.9 Å². The molecule has 1 aliphatic heterocycles. The van der Waals surface area contributed by atoms with Crippen LogP contribution >= 0.6 is 0 Å². The number of nitrogens with zero attached hydrogens (tertiary/aromatic N) is 4. The summed E-state index contributed by atoms with van der Waals surface area (Å²) < 4.78 is 20.4. The highest BCUT2D eigenvalue weighted by Gasteiger charge is 2.22. The molecule has 1 fully saturated rings. The van der Waals surface area contributed by atoms with Crippen LogP contribution in [0, 0.1) is 0 Å². The van der Waals surface area contributed by atoms with Crippen molar-refractivity contribution in [3.63, 3.8) is 0 Å². The van der Waals surface area contributed by atoms with E-state index in [9.17, 15) is 4.39 Å². The Balaban J connectivity index is 1.68. The van der Waals surface area contributed by atoms with E-state index < -0.39 is 6.30 Å². The number of halogens is 1. The summed E-state index contributed by atoms with van der Waals surface area (Å²) >= 11 is 0. The Labute approximate surface area is 132 Å². The highest BCUT2D eigenvalue weighted by atomic mass is 19.1. The van der Waals surface area contributed by atoms with Crippen LogP contribution in [-0.2, 0) is 0 Å². The number of alkyl halides is 1. The molecule has 1 saturated heterocycles. The van der Waals surface area contributed by atoms with E-state index in [2.05, 4.69) is 20.6 Å². The Hall–Kier alpha value is -2.28. The highest BCUT2D eigenvalue weighted by molar-refractivity contribution is 5.83. The van der Waals surface area contributed by atoms with Crippen LogP contribution in [0.1, 0.15) is 37.9 Å². The van der Waals surface area contributed by atoms with Gasteiger partial charge in [0.05, 0.1) is 11.7 Å². The van der Waals surface area contributed by atoms with Gasteiger partial charge in [-0.25, -0.2) is 9.07 Å². The fraction of sp³-hybridized carbons (Fsp3) is 0.438. The fourth-order valence-corrected chi connectivity index (χ4v) is 3.05. The predicted molar refractivity (Wildman–Crippen MR) is 83.7 cm³/mol. The van der Waals surface area contributed by atoms with Crippen molar-refractivity contribution in [3.05, 3.63) is 30.3 Å². The zero-order valence-corrected chi connectivity index (χ0v) is 12.9. The minimum absolute atomic E-state index is 0.317. The van der Waals surface area contributed by atoms with Gasteiger partial charge in [0.2, 0.25) is 11.7 Å². The first-order valence-electron chi connectivity index (χ1n) is 7.88. The van der Waals surface area contributed by atoms with E-state index >= 15 is 0 Å². The molecule has 1 atom stereocenters. The molecule has 0 amide bonds. The summed E-state index contributed by atoms with van der Waals surface area (Å²) in [7, 11) is 0. The summed E-state index contributed by atoms with van der Waals surface area (Å²) in [4.78, 5) is 4.54. The second kappa shape index (κ2) is 5.73. The Morgan fingerprint density at radius 1 is 1.35 bits per heavy atom. The molecule has 1 aromatic carbocycles. The molecule has 7 heteroatoms. The van der Waals surface area contributed by atoms with Gasteiger partial charge in [-0.15, -0.1) is 0 Å². The lowest BCUT2D eigenvalue weighted by molar-refractivity contribution is 0.253. The minimum atomic E-state index is -1.18. The molecule has 0 aliphatic carbocycles. The monoisotopic (exact) mass is 315 g/mol. The molecule has 0 spiro atoms. The second-order valence-corrected chi connectivity index (χ2v) is 5.92. The molecule has 0 radical (unpaired) electrons. The number of nitrogens with one attached hydrogen (secondary N) is 1. The van der Waals surface area contributed by atoms with Gasteiger partial charge >= 0.3 is 0 Å². The number of aromatic nitrogens is 4. The van der Waals surface area contributed by atoms with Crippen molar-refractivity contribution in [3.8, 4) is 11.4 Å². The van der Waals surface area contributed by atoms with Crippen LogP contribution in [0.3, 0.4) is 0 Å². The molecule has 6 nitrogen and oxygen atoms in total. The molecule has 120 valence electrons. The molecule has 1 N–H and O–H groups in total. The van der Waals surface area contributed by atoms with Crippen LogP contribution in [-0.4, -0.2) is 33.0 Å². The van der Waals surface area contributed by atoms with Crippen LogP contribution in [0.5, 0.6) is 0 Å². The number of hydrogen-bond acceptors (Lipinski definition) is 5. The maximum atomic E-state index is 13.6. The summed E-state index contributed by atoms with van der Waals surface area (Å²) in [6.07, 6.45) is 2.49. The van der Waals surface area contributed by atoms with Crippen molar-refractivity contribution < 1.29 is 8.91 Å². The Morgan fingerprint density at radius 2 is 2.17 bits per heavy atom. The van der Waals surface area contributed by atoms with Crippen molar-refractivity contribution in [2.45, 2.75) is 32.0 Å². The van der Waals surface area contributed by atoms with E-state index in [0.717, 1.165) is 42.4 Å². The molecule has 3 heterocycles. The van der Waals surface area contributed by atoms with E-state index in [0.29, 0.717) is 17.6 Å². The summed E-state index contributed by atoms with van der Waals surface area (Å²) in [5.74, 6) is 1.55. The van der Waals surface area contributed by atoms with Crippen LogP contribution in [0.4, 0.5) is 4.39 Å². The third-order valence-corrected chi connectivity index (χ3v) is 4.32. The number of rotatable bonds is 3. The van der Waals surface area contributed by atoms with Gasteiger partial charge in [0, 0.05) is 16.9 Å². The third kappa shape index (κ3) is 2.61. The van der Waals surface area contributed by atoms with E-state index in [4.69, 9.17) is 4.52 Å². The first kappa shape index (κ1) is 14.3. The van der Waals surface area contributed by atoms with Crippen molar-refractivity contribution in [1.29, 1.82) is 0 Å². The average molecular weight is 315 g/mol. The molecule has 1 unspecified atom stereocenters. The standard InChI is InChI=1S/C16H18FN5O/c1-10(17)22-14-8-12(2-3-13(14)9-19-22)15-20-16(23-21-15)11-4-6-18-7-5-11/h2-3,8-11,18H,4-7H2,1H3. The predicted octanol–water partition coefficient (Wildman–Crippen LogP) is 3.04. The number of benzene rings is 1. The fourth-order valence-electron chi connectivity index (χ4n) is 3.05. The largest absolute Gasteiger partial charge is 0.339 e. The van der Waals surface area contributed by atoms with Crippen LogP contribution < -0.4 is 5.32 Å². The van der Waals surface area contributed by atoms with Gasteiger partial charge in [0.1, 0.15) is 0 Å². The summed E-state index contributed by atoms with van der Waals surface area (Å²) in [5.41, 5.74) is 1.54. The first-order valence-corrected chi connectivity index (χ1v) is 7.88. The number of hydrogen-bond donors (Lipinski definition) is 1. The first-order chi connectivity index (χ1) is 11.2. The van der Waals surface area contributed by atoms with Gasteiger partial charge in [-0.3, -0.25) is 0 Å². The maximum absolute atomic E-state index is 13.6. The third-order valence-electron chi connectivity index (χ3n) is 4.32. The lowest BCUT2D eigenvalue weighted by Crippen LogP contribution is -2.26. The molecule has 4 rings (SSSR count). The summed E-state index contributed by atoms with van der Waals surface area (Å²) in [5, 5.41) is 12.4. The molecular weight excluding hydrogens is 297 g/mol. The topological polar surface area (TPSA) is 68.8 Å². The average Bonchev–Trinajstić information content (AvgIpc) is 3.22. The molecule has 23 heavy (non-hydrogen) atoms. The zero-order valence-electron chi connectivity index (χ0n) is 12.9. The molecule has 2 aromatic heterocycles. The molecule has 1 aliphatic rings. The van der Waals surface area contributed by atoms with E-state index in [1.165, 1.54) is 11.6 Å². The van der Waals surface area contributed by atoms with Gasteiger partial charge in [-0.2, -0.15) is 10.1 Å². The van der Waals surface area contributed by atoms with Crippen molar-refractivity contribution in [2.75, 3.05) is 13.1 Å². The quantitative estimate of drug-likeness (QED) is 0.804. The minimum Gasteiger partial charge on any atom is -0.339 e. The number of piperidine rings is 1. The Bertz CT molecular complexity index is 819. The number of fused-ring (bicyclic) bond motifs is 1. The van der Waals surface area contributed by atoms with Crippen molar-refractivity contribution >= 4 is 10.9 Å². The van der Waals surface area contributed by atoms with Gasteiger partial charge in [-0.1, -0.05) is 17.3 Å². The Morgan fingerprint density at radius 3 is 2.96 bits per heavy atom. The summed E-state index contributed by atoms with van der Waals surface area (Å²) in [6, 6.07) is 5.67. The second-order valence-electron chi connectivity index (χ2n) is 5.92. The van der Waals surface area contributed by atoms with Crippen LogP contribution in [0.2, 0.25) is 0 Å². The van der Waals surface area contributed by atoms with E-state index in [1.54, 1.807) is 6.20 Å². The smallest absolute Gasteiger partial charge is 0.230 e. The summed E-state index contributed by atoms with van der Waals surface area (Å²) in [6.45, 7) is 3.41. The lowest BCUT2D eigenvalue weighted by atomic mass is 9.98. The lowest BCUT2D eigenvalue weighted by Gasteiger charge is -2.18. The molecule has 0 bridgehead atoms. The van der Waals surface area contributed by atoms with Gasteiger partial charge < -0.3 is 9.84 Å². The van der Waals surface area contributed by atoms with Crippen LogP contribution in [0.25, 0.3) is 22.3 Å². The normalized spacial score (nSPS) is 17.7. The SMILES string of the molecule is CC(F)n1ncc2ccc(-c3noc(C4CCNCC4)n3)cc21.